The van der Waals surface area contributed by atoms with Crippen LogP contribution in [0, 0.1) is 6.92 Å². The highest BCUT2D eigenvalue weighted by molar-refractivity contribution is 5.12. The van der Waals surface area contributed by atoms with Crippen molar-refractivity contribution in [3.05, 3.63) is 23.7 Å². The summed E-state index contributed by atoms with van der Waals surface area (Å²) < 4.78 is 30.9. The second-order valence-corrected chi connectivity index (χ2v) is 4.57. The zero-order valence-corrected chi connectivity index (χ0v) is 11.4. The lowest BCUT2D eigenvalue weighted by Crippen LogP contribution is -2.44. The minimum atomic E-state index is -2.48. The van der Waals surface area contributed by atoms with Gasteiger partial charge in [0.15, 0.2) is 0 Å². The van der Waals surface area contributed by atoms with Crippen molar-refractivity contribution < 1.29 is 18.3 Å². The molecule has 1 aromatic heterocycles. The SMILES string of the molecule is CCC(N)C(c1ccc(C)o1)N(CCO)CC(F)F. The average Bonchev–Trinajstić information content (AvgIpc) is 2.75. The summed E-state index contributed by atoms with van der Waals surface area (Å²) in [5, 5.41) is 9.05. The van der Waals surface area contributed by atoms with Gasteiger partial charge in [-0.3, -0.25) is 4.90 Å². The van der Waals surface area contributed by atoms with Crippen LogP contribution in [0.1, 0.15) is 30.9 Å². The number of furan rings is 1. The molecule has 0 spiro atoms. The highest BCUT2D eigenvalue weighted by Gasteiger charge is 2.29. The first-order chi connectivity index (χ1) is 8.99. The zero-order valence-electron chi connectivity index (χ0n) is 11.4. The lowest BCUT2D eigenvalue weighted by molar-refractivity contribution is 0.0401. The molecule has 0 aromatic carbocycles. The van der Waals surface area contributed by atoms with Crippen molar-refractivity contribution in [3.8, 4) is 0 Å². The first kappa shape index (κ1) is 16.1. The summed E-state index contributed by atoms with van der Waals surface area (Å²) in [7, 11) is 0. The van der Waals surface area contributed by atoms with Gasteiger partial charge in [0.25, 0.3) is 6.43 Å². The first-order valence-corrected chi connectivity index (χ1v) is 6.44. The van der Waals surface area contributed by atoms with E-state index in [1.165, 1.54) is 4.90 Å². The first-order valence-electron chi connectivity index (χ1n) is 6.44. The van der Waals surface area contributed by atoms with Gasteiger partial charge in [0.1, 0.15) is 11.5 Å². The second-order valence-electron chi connectivity index (χ2n) is 4.57. The Balaban J connectivity index is 2.98. The predicted molar refractivity (Wildman–Crippen MR) is 69.1 cm³/mol. The topological polar surface area (TPSA) is 62.6 Å². The van der Waals surface area contributed by atoms with Crippen LogP contribution in [0.3, 0.4) is 0 Å². The molecule has 4 nitrogen and oxygen atoms in total. The van der Waals surface area contributed by atoms with E-state index in [4.69, 9.17) is 15.3 Å². The Morgan fingerprint density at radius 1 is 1.42 bits per heavy atom. The standard InChI is InChI=1S/C13H22F2N2O2/c1-3-10(16)13(11-5-4-9(2)19-11)17(6-7-18)8-12(14)15/h4-5,10,12-13,18H,3,6-8,16H2,1-2H3. The van der Waals surface area contributed by atoms with E-state index in [-0.39, 0.29) is 19.2 Å². The third-order valence-corrected chi connectivity index (χ3v) is 3.08. The molecule has 0 aliphatic heterocycles. The molecule has 3 N–H and O–H groups in total. The van der Waals surface area contributed by atoms with E-state index in [0.29, 0.717) is 17.9 Å². The number of alkyl halides is 2. The molecule has 1 heterocycles. The van der Waals surface area contributed by atoms with Crippen LogP contribution in [0.4, 0.5) is 8.78 Å². The summed E-state index contributed by atoms with van der Waals surface area (Å²) in [4.78, 5) is 1.48. The molecule has 0 radical (unpaired) electrons. The maximum absolute atomic E-state index is 12.7. The van der Waals surface area contributed by atoms with E-state index in [1.807, 2.05) is 6.92 Å². The van der Waals surface area contributed by atoms with Gasteiger partial charge in [0.05, 0.1) is 19.2 Å². The van der Waals surface area contributed by atoms with E-state index in [9.17, 15) is 8.78 Å². The minimum absolute atomic E-state index is 0.141. The summed E-state index contributed by atoms with van der Waals surface area (Å²) in [6, 6.07) is 2.77. The predicted octanol–water partition coefficient (Wildman–Crippen LogP) is 1.93. The fourth-order valence-electron chi connectivity index (χ4n) is 2.15. The van der Waals surface area contributed by atoms with Gasteiger partial charge < -0.3 is 15.3 Å². The van der Waals surface area contributed by atoms with Crippen LogP contribution in [0.25, 0.3) is 0 Å². The van der Waals surface area contributed by atoms with Crippen LogP contribution in [-0.2, 0) is 0 Å². The summed E-state index contributed by atoms with van der Waals surface area (Å²) in [5.74, 6) is 1.28. The Kier molecular flexibility index (Phi) is 6.41. The van der Waals surface area contributed by atoms with Crippen LogP contribution >= 0.6 is 0 Å². The lowest BCUT2D eigenvalue weighted by Gasteiger charge is -2.33. The fraction of sp³-hybridized carbons (Fsp3) is 0.692. The summed E-state index contributed by atoms with van der Waals surface area (Å²) in [5.41, 5.74) is 6.04. The Morgan fingerprint density at radius 2 is 2.11 bits per heavy atom. The minimum Gasteiger partial charge on any atom is -0.465 e. The van der Waals surface area contributed by atoms with Crippen LogP contribution in [0.5, 0.6) is 0 Å². The lowest BCUT2D eigenvalue weighted by atomic mass is 10.0. The van der Waals surface area contributed by atoms with E-state index in [2.05, 4.69) is 0 Å². The average molecular weight is 276 g/mol. The van der Waals surface area contributed by atoms with Crippen molar-refractivity contribution in [1.82, 2.24) is 4.90 Å². The zero-order chi connectivity index (χ0) is 14.4. The molecule has 19 heavy (non-hydrogen) atoms. The van der Waals surface area contributed by atoms with Crippen molar-refractivity contribution in [2.45, 2.75) is 38.8 Å². The summed E-state index contributed by atoms with van der Waals surface area (Å²) >= 11 is 0. The van der Waals surface area contributed by atoms with Crippen molar-refractivity contribution in [2.24, 2.45) is 5.73 Å². The van der Waals surface area contributed by atoms with E-state index >= 15 is 0 Å². The molecule has 0 fully saturated rings. The molecule has 2 atom stereocenters. The molecule has 0 amide bonds. The van der Waals surface area contributed by atoms with Crippen molar-refractivity contribution in [1.29, 1.82) is 0 Å². The molecule has 0 saturated heterocycles. The molecule has 0 bridgehead atoms. The molecule has 6 heteroatoms. The van der Waals surface area contributed by atoms with Crippen LogP contribution in [-0.4, -0.2) is 42.2 Å². The Morgan fingerprint density at radius 3 is 2.53 bits per heavy atom. The molecule has 110 valence electrons. The van der Waals surface area contributed by atoms with E-state index < -0.39 is 19.0 Å². The monoisotopic (exact) mass is 276 g/mol. The summed E-state index contributed by atoms with van der Waals surface area (Å²) in [6.07, 6.45) is -1.84. The van der Waals surface area contributed by atoms with Crippen LogP contribution in [0.15, 0.2) is 16.5 Å². The van der Waals surface area contributed by atoms with Crippen molar-refractivity contribution in [3.63, 3.8) is 0 Å². The highest BCUT2D eigenvalue weighted by atomic mass is 19.3. The van der Waals surface area contributed by atoms with Gasteiger partial charge in [-0.15, -0.1) is 0 Å². The van der Waals surface area contributed by atoms with Crippen LogP contribution < -0.4 is 5.73 Å². The number of nitrogens with zero attached hydrogens (tertiary/aromatic N) is 1. The number of aliphatic hydroxyl groups excluding tert-OH is 1. The molecule has 0 saturated carbocycles. The van der Waals surface area contributed by atoms with Gasteiger partial charge in [0, 0.05) is 12.6 Å². The number of aryl methyl sites for hydroxylation is 1. The number of halogens is 2. The number of hydrogen-bond donors (Lipinski definition) is 2. The number of hydrogen-bond acceptors (Lipinski definition) is 4. The Labute approximate surface area is 112 Å². The Hall–Kier alpha value is -0.980. The van der Waals surface area contributed by atoms with Gasteiger partial charge in [-0.25, -0.2) is 8.78 Å². The fourth-order valence-corrected chi connectivity index (χ4v) is 2.15. The number of rotatable bonds is 8. The van der Waals surface area contributed by atoms with Gasteiger partial charge in [0.2, 0.25) is 0 Å². The molecular weight excluding hydrogens is 254 g/mol. The third kappa shape index (κ3) is 4.56. The van der Waals surface area contributed by atoms with E-state index in [1.54, 1.807) is 19.1 Å². The Bertz CT molecular complexity index is 371. The van der Waals surface area contributed by atoms with Gasteiger partial charge in [-0.1, -0.05) is 6.92 Å². The van der Waals surface area contributed by atoms with E-state index in [0.717, 1.165) is 0 Å². The smallest absolute Gasteiger partial charge is 0.251 e. The normalized spacial score (nSPS) is 15.2. The molecule has 1 rings (SSSR count). The summed E-state index contributed by atoms with van der Waals surface area (Å²) in [6.45, 7) is 3.20. The maximum Gasteiger partial charge on any atom is 0.251 e. The molecule has 0 aliphatic rings. The van der Waals surface area contributed by atoms with Crippen molar-refractivity contribution in [2.75, 3.05) is 19.7 Å². The molecule has 0 aliphatic carbocycles. The highest BCUT2D eigenvalue weighted by Crippen LogP contribution is 2.27. The van der Waals surface area contributed by atoms with Crippen molar-refractivity contribution >= 4 is 0 Å². The maximum atomic E-state index is 12.7. The quantitative estimate of drug-likeness (QED) is 0.761. The largest absolute Gasteiger partial charge is 0.465 e. The third-order valence-electron chi connectivity index (χ3n) is 3.08. The van der Waals surface area contributed by atoms with Gasteiger partial charge in [-0.2, -0.15) is 0 Å². The molecule has 2 unspecified atom stereocenters. The van der Waals surface area contributed by atoms with Gasteiger partial charge >= 0.3 is 0 Å². The molecule has 1 aromatic rings. The van der Waals surface area contributed by atoms with Gasteiger partial charge in [-0.05, 0) is 25.5 Å². The number of nitrogens with two attached hydrogens (primary N) is 1. The second kappa shape index (κ2) is 7.57. The molecular formula is C13H22F2N2O2. The number of aliphatic hydroxyl groups is 1. The van der Waals surface area contributed by atoms with Crippen LogP contribution in [0.2, 0.25) is 0 Å².